The van der Waals surface area contributed by atoms with Crippen LogP contribution in [-0.4, -0.2) is 22.6 Å². The van der Waals surface area contributed by atoms with Crippen molar-refractivity contribution in [2.45, 2.75) is 58.4 Å². The Morgan fingerprint density at radius 3 is 2.79 bits per heavy atom. The summed E-state index contributed by atoms with van der Waals surface area (Å²) in [6.45, 7) is 5.28. The third-order valence-electron chi connectivity index (χ3n) is 4.80. The Balaban J connectivity index is 1.95. The molecule has 1 saturated carbocycles. The molecule has 2 atom stereocenters. The normalized spacial score (nSPS) is 26.5. The average Bonchev–Trinajstić information content (AvgIpc) is 2.85. The zero-order valence-electron chi connectivity index (χ0n) is 12.0. The van der Waals surface area contributed by atoms with Gasteiger partial charge in [-0.05, 0) is 32.1 Å². The molecule has 2 N–H and O–H groups in total. The van der Waals surface area contributed by atoms with Crippen LogP contribution in [0.1, 0.15) is 50.4 Å². The Kier molecular flexibility index (Phi) is 3.33. The molecule has 0 radical (unpaired) electrons. The van der Waals surface area contributed by atoms with E-state index in [0.29, 0.717) is 11.9 Å². The molecule has 2 fully saturated rings. The van der Waals surface area contributed by atoms with Gasteiger partial charge in [0.05, 0.1) is 0 Å². The van der Waals surface area contributed by atoms with E-state index in [4.69, 9.17) is 10.7 Å². The zero-order chi connectivity index (χ0) is 13.4. The topological polar surface area (TPSA) is 55.0 Å². The lowest BCUT2D eigenvalue weighted by molar-refractivity contribution is 0.341. The van der Waals surface area contributed by atoms with Crippen LogP contribution in [0, 0.1) is 12.8 Å². The minimum atomic E-state index is 0.654. The third-order valence-corrected chi connectivity index (χ3v) is 4.80. The highest BCUT2D eigenvalue weighted by Gasteiger charge is 2.37. The quantitative estimate of drug-likeness (QED) is 0.888. The van der Waals surface area contributed by atoms with E-state index in [9.17, 15) is 0 Å². The second kappa shape index (κ2) is 4.99. The molecule has 104 valence electrons. The lowest BCUT2D eigenvalue weighted by Gasteiger charge is -2.33. The minimum Gasteiger partial charge on any atom is -0.383 e. The van der Waals surface area contributed by atoms with Gasteiger partial charge in [0.25, 0.3) is 0 Å². The van der Waals surface area contributed by atoms with Crippen molar-refractivity contribution in [1.82, 2.24) is 9.97 Å². The fourth-order valence-corrected chi connectivity index (χ4v) is 3.68. The number of nitrogens with two attached hydrogens (primary N) is 1. The third kappa shape index (κ3) is 2.17. The first kappa shape index (κ1) is 12.7. The summed E-state index contributed by atoms with van der Waals surface area (Å²) in [5.41, 5.74) is 7.11. The number of hydrogen-bond acceptors (Lipinski definition) is 4. The molecule has 1 aliphatic heterocycles. The van der Waals surface area contributed by atoms with Crippen LogP contribution in [0.4, 0.5) is 11.6 Å². The maximum atomic E-state index is 6.05. The smallest absolute Gasteiger partial charge is 0.137 e. The second-order valence-electron chi connectivity index (χ2n) is 5.92. The van der Waals surface area contributed by atoms with Crippen molar-refractivity contribution < 1.29 is 0 Å². The van der Waals surface area contributed by atoms with Crippen LogP contribution in [0.25, 0.3) is 0 Å². The molecule has 2 heterocycles. The highest BCUT2D eigenvalue weighted by atomic mass is 15.3. The number of aromatic nitrogens is 2. The van der Waals surface area contributed by atoms with Crippen molar-refractivity contribution in [1.29, 1.82) is 0 Å². The predicted octanol–water partition coefficient (Wildman–Crippen LogP) is 2.70. The van der Waals surface area contributed by atoms with Crippen molar-refractivity contribution in [2.24, 2.45) is 5.92 Å². The van der Waals surface area contributed by atoms with Crippen LogP contribution < -0.4 is 10.6 Å². The van der Waals surface area contributed by atoms with Gasteiger partial charge in [0.15, 0.2) is 0 Å². The van der Waals surface area contributed by atoms with Crippen LogP contribution in [0.2, 0.25) is 0 Å². The Hall–Kier alpha value is -1.32. The van der Waals surface area contributed by atoms with Gasteiger partial charge >= 0.3 is 0 Å². The number of anilines is 2. The summed E-state index contributed by atoms with van der Waals surface area (Å²) in [7, 11) is 0. The Morgan fingerprint density at radius 2 is 2.00 bits per heavy atom. The molecular formula is C15H24N4. The van der Waals surface area contributed by atoms with Gasteiger partial charge in [-0.3, -0.25) is 0 Å². The van der Waals surface area contributed by atoms with Gasteiger partial charge in [0, 0.05) is 24.6 Å². The van der Waals surface area contributed by atoms with Gasteiger partial charge in [0.2, 0.25) is 0 Å². The number of fused-ring (bicyclic) bond motifs is 1. The first-order chi connectivity index (χ1) is 9.20. The highest BCUT2D eigenvalue weighted by molar-refractivity contribution is 5.57. The summed E-state index contributed by atoms with van der Waals surface area (Å²) in [6.07, 6.45) is 7.63. The van der Waals surface area contributed by atoms with Crippen LogP contribution >= 0.6 is 0 Å². The molecule has 4 nitrogen and oxygen atoms in total. The van der Waals surface area contributed by atoms with E-state index in [1.54, 1.807) is 0 Å². The number of nitrogens with zero attached hydrogens (tertiary/aromatic N) is 3. The standard InChI is InChI=1S/C15H24N4/c1-3-13-17-14(16)10(2)15(18-13)19-9-8-11-6-4-5-7-12(11)19/h11-12H,3-9H2,1-2H3,(H2,16,17,18). The van der Waals surface area contributed by atoms with Gasteiger partial charge < -0.3 is 10.6 Å². The molecule has 1 aromatic rings. The van der Waals surface area contributed by atoms with E-state index >= 15 is 0 Å². The Bertz CT molecular complexity index is 471. The van der Waals surface area contributed by atoms with Crippen molar-refractivity contribution in [3.8, 4) is 0 Å². The van der Waals surface area contributed by atoms with Crippen molar-refractivity contribution in [3.05, 3.63) is 11.4 Å². The lowest BCUT2D eigenvalue weighted by atomic mass is 9.85. The van der Waals surface area contributed by atoms with Crippen LogP contribution in [-0.2, 0) is 6.42 Å². The largest absolute Gasteiger partial charge is 0.383 e. The van der Waals surface area contributed by atoms with E-state index in [0.717, 1.165) is 36.1 Å². The van der Waals surface area contributed by atoms with Crippen LogP contribution in [0.15, 0.2) is 0 Å². The van der Waals surface area contributed by atoms with E-state index in [1.807, 2.05) is 0 Å². The second-order valence-corrected chi connectivity index (χ2v) is 5.92. The summed E-state index contributed by atoms with van der Waals surface area (Å²) in [5, 5.41) is 0. The number of rotatable bonds is 2. The Morgan fingerprint density at radius 1 is 1.21 bits per heavy atom. The van der Waals surface area contributed by atoms with Crippen molar-refractivity contribution in [3.63, 3.8) is 0 Å². The lowest BCUT2D eigenvalue weighted by Crippen LogP contribution is -2.36. The fraction of sp³-hybridized carbons (Fsp3) is 0.733. The first-order valence-corrected chi connectivity index (χ1v) is 7.60. The molecule has 0 aromatic carbocycles. The van der Waals surface area contributed by atoms with Gasteiger partial charge in [-0.15, -0.1) is 0 Å². The molecular weight excluding hydrogens is 236 g/mol. The fourth-order valence-electron chi connectivity index (χ4n) is 3.68. The number of aryl methyl sites for hydroxylation is 1. The molecule has 1 aliphatic carbocycles. The van der Waals surface area contributed by atoms with Gasteiger partial charge in [-0.1, -0.05) is 19.8 Å². The average molecular weight is 260 g/mol. The van der Waals surface area contributed by atoms with Gasteiger partial charge in [0.1, 0.15) is 17.5 Å². The van der Waals surface area contributed by atoms with Crippen LogP contribution in [0.5, 0.6) is 0 Å². The van der Waals surface area contributed by atoms with E-state index in [2.05, 4.69) is 23.7 Å². The van der Waals surface area contributed by atoms with E-state index < -0.39 is 0 Å². The molecule has 4 heteroatoms. The summed E-state index contributed by atoms with van der Waals surface area (Å²) < 4.78 is 0. The van der Waals surface area contributed by atoms with E-state index in [1.165, 1.54) is 32.1 Å². The summed E-state index contributed by atoms with van der Waals surface area (Å²) >= 11 is 0. The SMILES string of the molecule is CCc1nc(N)c(C)c(N2CCC3CCCCC32)n1. The molecule has 1 saturated heterocycles. The highest BCUT2D eigenvalue weighted by Crippen LogP contribution is 2.39. The van der Waals surface area contributed by atoms with Gasteiger partial charge in [-0.2, -0.15) is 0 Å². The molecule has 0 amide bonds. The molecule has 3 rings (SSSR count). The summed E-state index contributed by atoms with van der Waals surface area (Å²) in [4.78, 5) is 11.6. The molecule has 0 bridgehead atoms. The number of nitrogen functional groups attached to an aromatic ring is 1. The van der Waals surface area contributed by atoms with Crippen LogP contribution in [0.3, 0.4) is 0 Å². The van der Waals surface area contributed by atoms with Crippen molar-refractivity contribution in [2.75, 3.05) is 17.2 Å². The summed E-state index contributed by atoms with van der Waals surface area (Å²) in [5.74, 6) is 3.49. The molecule has 19 heavy (non-hydrogen) atoms. The van der Waals surface area contributed by atoms with E-state index in [-0.39, 0.29) is 0 Å². The summed E-state index contributed by atoms with van der Waals surface area (Å²) in [6, 6.07) is 0.687. The maximum absolute atomic E-state index is 6.05. The number of hydrogen-bond donors (Lipinski definition) is 1. The maximum Gasteiger partial charge on any atom is 0.137 e. The first-order valence-electron chi connectivity index (χ1n) is 7.60. The molecule has 2 aliphatic rings. The monoisotopic (exact) mass is 260 g/mol. The van der Waals surface area contributed by atoms with Crippen molar-refractivity contribution >= 4 is 11.6 Å². The zero-order valence-corrected chi connectivity index (χ0v) is 12.0. The molecule has 2 unspecified atom stereocenters. The minimum absolute atomic E-state index is 0.654. The molecule has 1 aromatic heterocycles. The Labute approximate surface area is 115 Å². The predicted molar refractivity (Wildman–Crippen MR) is 78.3 cm³/mol. The molecule has 0 spiro atoms. The van der Waals surface area contributed by atoms with Gasteiger partial charge in [-0.25, -0.2) is 9.97 Å².